The minimum atomic E-state index is 0.521. The van der Waals surface area contributed by atoms with Crippen molar-refractivity contribution in [2.24, 2.45) is 0 Å². The van der Waals surface area contributed by atoms with Gasteiger partial charge in [-0.25, -0.2) is 4.98 Å². The molecule has 0 amide bonds. The maximum Gasteiger partial charge on any atom is 0.181 e. The smallest absolute Gasteiger partial charge is 0.181 e. The molecule has 0 fully saturated rings. The van der Waals surface area contributed by atoms with Gasteiger partial charge in [-0.15, -0.1) is 0 Å². The molecule has 108 valence electrons. The number of nitrogens with zero attached hydrogens (tertiary/aromatic N) is 4. The van der Waals surface area contributed by atoms with Crippen molar-refractivity contribution < 1.29 is 0 Å². The quantitative estimate of drug-likeness (QED) is 0.536. The fourth-order valence-corrected chi connectivity index (χ4v) is 2.27. The lowest BCUT2D eigenvalue weighted by molar-refractivity contribution is 0.944. The van der Waals surface area contributed by atoms with Crippen LogP contribution in [0.1, 0.15) is 5.82 Å². The summed E-state index contributed by atoms with van der Waals surface area (Å²) in [5, 5.41) is 18.7. The molecule has 0 bridgehead atoms. The Bertz CT molecular complexity index is 894. The molecule has 0 radical (unpaired) electrons. The van der Waals surface area contributed by atoms with Gasteiger partial charge in [-0.1, -0.05) is 12.1 Å². The molecule has 3 N–H and O–H groups in total. The predicted molar refractivity (Wildman–Crippen MR) is 83.0 cm³/mol. The van der Waals surface area contributed by atoms with Crippen LogP contribution in [-0.4, -0.2) is 30.4 Å². The minimum absolute atomic E-state index is 0.521. The van der Waals surface area contributed by atoms with E-state index in [1.807, 2.05) is 36.4 Å². The Balaban J connectivity index is 1.52. The average Bonchev–Trinajstić information content (AvgIpc) is 3.21. The molecule has 0 aliphatic heterocycles. The lowest BCUT2D eigenvalue weighted by Gasteiger charge is -1.99. The summed E-state index contributed by atoms with van der Waals surface area (Å²) in [5.41, 5.74) is 1.93. The SMILES string of the molecule is c1ccc2c(NCc3nc(-c4ccncc4)n[nH]3)n[nH]c2c1. The van der Waals surface area contributed by atoms with E-state index in [0.29, 0.717) is 12.4 Å². The lowest BCUT2D eigenvalue weighted by Crippen LogP contribution is -2.02. The first-order valence-corrected chi connectivity index (χ1v) is 6.89. The Labute approximate surface area is 125 Å². The fraction of sp³-hybridized carbons (Fsp3) is 0.0667. The summed E-state index contributed by atoms with van der Waals surface area (Å²) in [5.74, 6) is 2.21. The first-order chi connectivity index (χ1) is 10.9. The molecule has 0 aliphatic carbocycles. The number of hydrogen-bond donors (Lipinski definition) is 3. The third-order valence-corrected chi connectivity index (χ3v) is 3.36. The van der Waals surface area contributed by atoms with E-state index in [1.165, 1.54) is 0 Å². The summed E-state index contributed by atoms with van der Waals surface area (Å²) in [7, 11) is 0. The highest BCUT2D eigenvalue weighted by Gasteiger charge is 2.08. The molecule has 0 saturated carbocycles. The van der Waals surface area contributed by atoms with Crippen molar-refractivity contribution in [2.75, 3.05) is 5.32 Å². The van der Waals surface area contributed by atoms with E-state index in [1.54, 1.807) is 12.4 Å². The maximum atomic E-state index is 4.47. The van der Waals surface area contributed by atoms with E-state index in [0.717, 1.165) is 28.1 Å². The fourth-order valence-electron chi connectivity index (χ4n) is 2.27. The number of para-hydroxylation sites is 1. The van der Waals surface area contributed by atoms with Gasteiger partial charge in [0.25, 0.3) is 0 Å². The summed E-state index contributed by atoms with van der Waals surface area (Å²) < 4.78 is 0. The zero-order valence-corrected chi connectivity index (χ0v) is 11.6. The number of pyridine rings is 1. The van der Waals surface area contributed by atoms with Gasteiger partial charge in [0.05, 0.1) is 12.1 Å². The Morgan fingerprint density at radius 2 is 1.82 bits per heavy atom. The topological polar surface area (TPSA) is 95.2 Å². The molecular formula is C15H13N7. The highest BCUT2D eigenvalue weighted by molar-refractivity contribution is 5.89. The number of benzene rings is 1. The van der Waals surface area contributed by atoms with Gasteiger partial charge in [-0.2, -0.15) is 10.2 Å². The van der Waals surface area contributed by atoms with Crippen LogP contribution in [0.25, 0.3) is 22.3 Å². The van der Waals surface area contributed by atoms with Crippen LogP contribution in [0.5, 0.6) is 0 Å². The number of rotatable bonds is 4. The van der Waals surface area contributed by atoms with Gasteiger partial charge in [0, 0.05) is 23.3 Å². The van der Waals surface area contributed by atoms with Gasteiger partial charge in [0.2, 0.25) is 0 Å². The van der Waals surface area contributed by atoms with Crippen LogP contribution in [0.4, 0.5) is 5.82 Å². The molecule has 4 rings (SSSR count). The first kappa shape index (κ1) is 12.5. The van der Waals surface area contributed by atoms with E-state index < -0.39 is 0 Å². The third-order valence-electron chi connectivity index (χ3n) is 3.36. The summed E-state index contributed by atoms with van der Waals surface area (Å²) in [6.45, 7) is 0.521. The minimum Gasteiger partial charge on any atom is -0.361 e. The second-order valence-electron chi connectivity index (χ2n) is 4.81. The van der Waals surface area contributed by atoms with Crippen molar-refractivity contribution in [3.63, 3.8) is 0 Å². The number of aromatic nitrogens is 6. The molecular weight excluding hydrogens is 278 g/mol. The lowest BCUT2D eigenvalue weighted by atomic mass is 10.2. The number of aromatic amines is 2. The summed E-state index contributed by atoms with van der Waals surface area (Å²) in [6.07, 6.45) is 3.44. The Kier molecular flexibility index (Phi) is 3.01. The van der Waals surface area contributed by atoms with Crippen LogP contribution >= 0.6 is 0 Å². The highest BCUT2D eigenvalue weighted by Crippen LogP contribution is 2.20. The van der Waals surface area contributed by atoms with Crippen LogP contribution in [0.3, 0.4) is 0 Å². The van der Waals surface area contributed by atoms with Gasteiger partial charge >= 0.3 is 0 Å². The monoisotopic (exact) mass is 291 g/mol. The second-order valence-corrected chi connectivity index (χ2v) is 4.81. The highest BCUT2D eigenvalue weighted by atomic mass is 15.2. The molecule has 0 atom stereocenters. The Hall–Kier alpha value is -3.22. The van der Waals surface area contributed by atoms with E-state index >= 15 is 0 Å². The van der Waals surface area contributed by atoms with E-state index in [2.05, 4.69) is 35.7 Å². The molecule has 7 nitrogen and oxygen atoms in total. The summed E-state index contributed by atoms with van der Waals surface area (Å²) in [6, 6.07) is 11.7. The van der Waals surface area contributed by atoms with Gasteiger partial charge in [-0.05, 0) is 24.3 Å². The van der Waals surface area contributed by atoms with Crippen molar-refractivity contribution in [2.45, 2.75) is 6.54 Å². The average molecular weight is 291 g/mol. The molecule has 4 aromatic rings. The normalized spacial score (nSPS) is 10.9. The third kappa shape index (κ3) is 2.28. The van der Waals surface area contributed by atoms with Crippen LogP contribution in [0, 0.1) is 0 Å². The molecule has 0 saturated heterocycles. The summed E-state index contributed by atoms with van der Waals surface area (Å²) >= 11 is 0. The van der Waals surface area contributed by atoms with Crippen molar-refractivity contribution in [1.82, 2.24) is 30.4 Å². The van der Waals surface area contributed by atoms with Crippen molar-refractivity contribution in [3.05, 3.63) is 54.6 Å². The number of H-pyrrole nitrogens is 2. The van der Waals surface area contributed by atoms with E-state index in [-0.39, 0.29) is 0 Å². The van der Waals surface area contributed by atoms with Gasteiger partial charge in [0.15, 0.2) is 11.6 Å². The van der Waals surface area contributed by atoms with Crippen LogP contribution < -0.4 is 5.32 Å². The van der Waals surface area contributed by atoms with Crippen molar-refractivity contribution in [1.29, 1.82) is 0 Å². The van der Waals surface area contributed by atoms with E-state index in [9.17, 15) is 0 Å². The second kappa shape index (κ2) is 5.28. The van der Waals surface area contributed by atoms with Crippen molar-refractivity contribution in [3.8, 4) is 11.4 Å². The molecule has 3 heterocycles. The van der Waals surface area contributed by atoms with Crippen molar-refractivity contribution >= 4 is 16.7 Å². The number of hydrogen-bond acceptors (Lipinski definition) is 5. The largest absolute Gasteiger partial charge is 0.361 e. The maximum absolute atomic E-state index is 4.47. The predicted octanol–water partition coefficient (Wildman–Crippen LogP) is 2.36. The number of anilines is 1. The van der Waals surface area contributed by atoms with Crippen LogP contribution in [0.15, 0.2) is 48.8 Å². The zero-order chi connectivity index (χ0) is 14.8. The molecule has 0 aliphatic rings. The molecule has 0 spiro atoms. The Morgan fingerprint density at radius 3 is 2.73 bits per heavy atom. The standard InChI is InChI=1S/C15H13N7/c1-2-4-12-11(3-1)15(22-19-12)17-9-13-18-14(21-20-13)10-5-7-16-8-6-10/h1-8H,9H2,(H2,17,19,22)(H,18,20,21). The van der Waals surface area contributed by atoms with Gasteiger partial charge < -0.3 is 5.32 Å². The molecule has 3 aromatic heterocycles. The van der Waals surface area contributed by atoms with Gasteiger partial charge in [-0.3, -0.25) is 15.2 Å². The number of nitrogens with one attached hydrogen (secondary N) is 3. The van der Waals surface area contributed by atoms with E-state index in [4.69, 9.17) is 0 Å². The first-order valence-electron chi connectivity index (χ1n) is 6.89. The summed E-state index contributed by atoms with van der Waals surface area (Å²) in [4.78, 5) is 8.45. The number of fused-ring (bicyclic) bond motifs is 1. The molecule has 0 unspecified atom stereocenters. The zero-order valence-electron chi connectivity index (χ0n) is 11.6. The molecule has 1 aromatic carbocycles. The van der Waals surface area contributed by atoms with Crippen LogP contribution in [-0.2, 0) is 6.54 Å². The van der Waals surface area contributed by atoms with Gasteiger partial charge in [0.1, 0.15) is 5.82 Å². The molecule has 7 heteroatoms. The Morgan fingerprint density at radius 1 is 0.955 bits per heavy atom. The molecule has 22 heavy (non-hydrogen) atoms. The van der Waals surface area contributed by atoms with Crippen LogP contribution in [0.2, 0.25) is 0 Å².